The molecule has 3 N–H and O–H groups in total. The number of amides is 1. The number of benzene rings is 2. The van der Waals surface area contributed by atoms with Crippen LogP contribution in [0.2, 0.25) is 0 Å². The Kier molecular flexibility index (Phi) is 5.89. The molecule has 1 amide bonds. The number of carbonyl (C=O) groups is 1. The van der Waals surface area contributed by atoms with Gasteiger partial charge in [-0.05, 0) is 60.6 Å². The van der Waals surface area contributed by atoms with Crippen LogP contribution in [0.15, 0.2) is 54.6 Å². The lowest BCUT2D eigenvalue weighted by atomic mass is 9.92. The molecule has 2 aromatic carbocycles. The monoisotopic (exact) mass is 388 g/mol. The molecule has 1 aliphatic carbocycles. The van der Waals surface area contributed by atoms with Gasteiger partial charge in [-0.25, -0.2) is 0 Å². The summed E-state index contributed by atoms with van der Waals surface area (Å²) in [5.74, 6) is -0.886. The van der Waals surface area contributed by atoms with Crippen molar-refractivity contribution >= 4 is 5.91 Å². The zero-order valence-electron chi connectivity index (χ0n) is 15.5. The van der Waals surface area contributed by atoms with Gasteiger partial charge in [0.25, 0.3) is 0 Å². The Labute approximate surface area is 162 Å². The summed E-state index contributed by atoms with van der Waals surface area (Å²) in [5, 5.41) is 3.52. The zero-order valence-corrected chi connectivity index (χ0v) is 15.5. The Balaban J connectivity index is 1.74. The number of alkyl halides is 3. The molecule has 0 aromatic heterocycles. The molecule has 0 saturated heterocycles. The molecular formula is C22H23F3N2O. The zero-order chi connectivity index (χ0) is 20.3. The highest BCUT2D eigenvalue weighted by Crippen LogP contribution is 2.33. The number of halogens is 3. The normalized spacial score (nSPS) is 15.6. The summed E-state index contributed by atoms with van der Waals surface area (Å²) in [4.78, 5) is 11.4. The summed E-state index contributed by atoms with van der Waals surface area (Å²) >= 11 is 0. The van der Waals surface area contributed by atoms with Gasteiger partial charge in [-0.15, -0.1) is 0 Å². The van der Waals surface area contributed by atoms with Crippen LogP contribution < -0.4 is 11.1 Å². The maximum atomic E-state index is 13.1. The molecule has 0 heterocycles. The fraction of sp³-hybridized carbons (Fsp3) is 0.318. The first-order valence-corrected chi connectivity index (χ1v) is 9.24. The van der Waals surface area contributed by atoms with Crippen molar-refractivity contribution in [3.63, 3.8) is 0 Å². The predicted octanol–water partition coefficient (Wildman–Crippen LogP) is 5.06. The van der Waals surface area contributed by atoms with Crippen molar-refractivity contribution in [3.8, 4) is 11.1 Å². The van der Waals surface area contributed by atoms with Crippen LogP contribution in [0, 0.1) is 0 Å². The summed E-state index contributed by atoms with van der Waals surface area (Å²) in [7, 11) is 0. The number of rotatable bonds is 5. The van der Waals surface area contributed by atoms with Crippen LogP contribution in [-0.2, 0) is 12.7 Å². The van der Waals surface area contributed by atoms with E-state index < -0.39 is 17.6 Å². The Morgan fingerprint density at radius 2 is 1.71 bits per heavy atom. The van der Waals surface area contributed by atoms with Crippen LogP contribution in [-0.4, -0.2) is 11.9 Å². The van der Waals surface area contributed by atoms with Crippen LogP contribution >= 0.6 is 0 Å². The van der Waals surface area contributed by atoms with Crippen LogP contribution in [0.5, 0.6) is 0 Å². The van der Waals surface area contributed by atoms with Gasteiger partial charge in [-0.2, -0.15) is 13.2 Å². The van der Waals surface area contributed by atoms with Crippen molar-refractivity contribution in [1.29, 1.82) is 0 Å². The van der Waals surface area contributed by atoms with E-state index in [-0.39, 0.29) is 5.56 Å². The van der Waals surface area contributed by atoms with Gasteiger partial charge in [0.1, 0.15) is 0 Å². The lowest BCUT2D eigenvalue weighted by molar-refractivity contribution is -0.137. The summed E-state index contributed by atoms with van der Waals surface area (Å²) in [6, 6.07) is 11.0. The predicted molar refractivity (Wildman–Crippen MR) is 104 cm³/mol. The third-order valence-electron chi connectivity index (χ3n) is 5.12. The molecular weight excluding hydrogens is 365 g/mol. The third-order valence-corrected chi connectivity index (χ3v) is 5.12. The SMILES string of the molecule is C=C1CCC(NCc2ccc(-c3cc(C(N)=O)cc(C(F)(F)F)c3)cc2)CC1. The van der Waals surface area contributed by atoms with E-state index in [0.717, 1.165) is 43.4 Å². The van der Waals surface area contributed by atoms with Crippen LogP contribution in [0.4, 0.5) is 13.2 Å². The third kappa shape index (κ3) is 5.01. The molecule has 1 saturated carbocycles. The number of hydrogen-bond acceptors (Lipinski definition) is 2. The molecule has 3 nitrogen and oxygen atoms in total. The molecule has 148 valence electrons. The minimum absolute atomic E-state index is 0.158. The molecule has 1 aliphatic rings. The second-order valence-corrected chi connectivity index (χ2v) is 7.26. The van der Waals surface area contributed by atoms with Gasteiger partial charge in [-0.3, -0.25) is 4.79 Å². The molecule has 0 radical (unpaired) electrons. The van der Waals surface area contributed by atoms with E-state index in [2.05, 4.69) is 11.9 Å². The maximum Gasteiger partial charge on any atom is 0.416 e. The maximum absolute atomic E-state index is 13.1. The second-order valence-electron chi connectivity index (χ2n) is 7.26. The summed E-state index contributed by atoms with van der Waals surface area (Å²) in [6.07, 6.45) is -0.286. The van der Waals surface area contributed by atoms with E-state index in [1.54, 1.807) is 12.1 Å². The largest absolute Gasteiger partial charge is 0.416 e. The molecule has 0 bridgehead atoms. The van der Waals surface area contributed by atoms with Crippen LogP contribution in [0.25, 0.3) is 11.1 Å². The Morgan fingerprint density at radius 1 is 1.07 bits per heavy atom. The smallest absolute Gasteiger partial charge is 0.366 e. The average molecular weight is 388 g/mol. The Hall–Kier alpha value is -2.60. The van der Waals surface area contributed by atoms with Crippen LogP contribution in [0.1, 0.15) is 47.2 Å². The number of nitrogens with one attached hydrogen (secondary N) is 1. The molecule has 1 fully saturated rings. The number of carbonyl (C=O) groups excluding carboxylic acids is 1. The first-order chi connectivity index (χ1) is 13.2. The molecule has 0 unspecified atom stereocenters. The molecule has 6 heteroatoms. The molecule has 2 aromatic rings. The fourth-order valence-electron chi connectivity index (χ4n) is 3.41. The highest BCUT2D eigenvalue weighted by molar-refractivity contribution is 5.94. The second kappa shape index (κ2) is 8.19. The summed E-state index contributed by atoms with van der Waals surface area (Å²) in [5.41, 5.74) is 7.42. The topological polar surface area (TPSA) is 55.1 Å². The van der Waals surface area contributed by atoms with E-state index in [0.29, 0.717) is 23.7 Å². The van der Waals surface area contributed by atoms with E-state index in [1.807, 2.05) is 12.1 Å². The van der Waals surface area contributed by atoms with Crippen molar-refractivity contribution < 1.29 is 18.0 Å². The molecule has 0 atom stereocenters. The van der Waals surface area contributed by atoms with Gasteiger partial charge in [0, 0.05) is 18.2 Å². The van der Waals surface area contributed by atoms with Gasteiger partial charge < -0.3 is 11.1 Å². The molecule has 0 aliphatic heterocycles. The van der Waals surface area contributed by atoms with Gasteiger partial charge >= 0.3 is 6.18 Å². The lowest BCUT2D eigenvalue weighted by Gasteiger charge is -2.24. The highest BCUT2D eigenvalue weighted by atomic mass is 19.4. The van der Waals surface area contributed by atoms with E-state index in [1.165, 1.54) is 11.6 Å². The van der Waals surface area contributed by atoms with Crippen molar-refractivity contribution in [1.82, 2.24) is 5.32 Å². The van der Waals surface area contributed by atoms with Crippen molar-refractivity contribution in [2.24, 2.45) is 5.73 Å². The minimum atomic E-state index is -4.55. The Bertz CT molecular complexity index is 862. The van der Waals surface area contributed by atoms with Crippen molar-refractivity contribution in [2.75, 3.05) is 0 Å². The first-order valence-electron chi connectivity index (χ1n) is 9.24. The summed E-state index contributed by atoms with van der Waals surface area (Å²) in [6.45, 7) is 4.72. The van der Waals surface area contributed by atoms with Gasteiger partial charge in [0.2, 0.25) is 5.91 Å². The van der Waals surface area contributed by atoms with Gasteiger partial charge in [0.15, 0.2) is 0 Å². The fourth-order valence-corrected chi connectivity index (χ4v) is 3.41. The summed E-state index contributed by atoms with van der Waals surface area (Å²) < 4.78 is 39.4. The van der Waals surface area contributed by atoms with E-state index in [4.69, 9.17) is 5.73 Å². The quantitative estimate of drug-likeness (QED) is 0.704. The first kappa shape index (κ1) is 20.1. The highest BCUT2D eigenvalue weighted by Gasteiger charge is 2.31. The van der Waals surface area contributed by atoms with Crippen LogP contribution in [0.3, 0.4) is 0 Å². The average Bonchev–Trinajstić information content (AvgIpc) is 2.67. The van der Waals surface area contributed by atoms with E-state index in [9.17, 15) is 18.0 Å². The molecule has 3 rings (SSSR count). The standard InChI is InChI=1S/C22H23F3N2O/c1-14-2-8-20(9-3-14)27-13-15-4-6-16(7-5-15)17-10-18(21(26)28)12-19(11-17)22(23,24)25/h4-7,10-12,20,27H,1-3,8-9,13H2,(H2,26,28). The lowest BCUT2D eigenvalue weighted by Crippen LogP contribution is -2.30. The van der Waals surface area contributed by atoms with E-state index >= 15 is 0 Å². The van der Waals surface area contributed by atoms with Gasteiger partial charge in [0.05, 0.1) is 5.56 Å². The minimum Gasteiger partial charge on any atom is -0.366 e. The number of primary amides is 1. The number of hydrogen-bond donors (Lipinski definition) is 2. The number of allylic oxidation sites excluding steroid dienone is 1. The van der Waals surface area contributed by atoms with Crippen molar-refractivity contribution in [2.45, 2.75) is 44.4 Å². The number of nitrogens with two attached hydrogens (primary N) is 1. The van der Waals surface area contributed by atoms with Gasteiger partial charge in [-0.1, -0.05) is 36.4 Å². The van der Waals surface area contributed by atoms with Crippen molar-refractivity contribution in [3.05, 3.63) is 71.3 Å². The molecule has 28 heavy (non-hydrogen) atoms. The molecule has 0 spiro atoms. The Morgan fingerprint density at radius 3 is 2.29 bits per heavy atom.